The molecule has 2 heterocycles. The fourth-order valence-corrected chi connectivity index (χ4v) is 1.82. The second kappa shape index (κ2) is 4.00. The maximum atomic E-state index is 11.8. The van der Waals surface area contributed by atoms with Crippen LogP contribution in [0.5, 0.6) is 0 Å². The first-order valence-corrected chi connectivity index (χ1v) is 5.41. The number of nitrogens with one attached hydrogen (secondary N) is 3. The molecule has 1 aliphatic heterocycles. The zero-order chi connectivity index (χ0) is 11.7. The molecule has 0 aromatic carbocycles. The third kappa shape index (κ3) is 1.68. The van der Waals surface area contributed by atoms with Gasteiger partial charge in [0.25, 0.3) is 0 Å². The van der Waals surface area contributed by atoms with Gasteiger partial charge in [0.05, 0.1) is 11.4 Å². The minimum Gasteiger partial charge on any atom is -0.370 e. The number of fused-ring (bicyclic) bond motifs is 1. The van der Waals surface area contributed by atoms with E-state index in [0.29, 0.717) is 11.5 Å². The van der Waals surface area contributed by atoms with Crippen molar-refractivity contribution in [3.8, 4) is 0 Å². The molecule has 1 aliphatic rings. The molecule has 2 rings (SSSR count). The minimum atomic E-state index is -0.229. The van der Waals surface area contributed by atoms with E-state index in [1.54, 1.807) is 6.07 Å². The molecular weight excluding hydrogens is 206 g/mol. The summed E-state index contributed by atoms with van der Waals surface area (Å²) >= 11 is 0. The normalized spacial score (nSPS) is 20.6. The zero-order valence-electron chi connectivity index (χ0n) is 9.33. The largest absolute Gasteiger partial charge is 0.370 e. The molecular formula is C11H15N3O2. The van der Waals surface area contributed by atoms with Crippen LogP contribution in [0, 0.1) is 5.92 Å². The highest BCUT2D eigenvalue weighted by atomic mass is 16.2. The number of H-pyrrole nitrogens is 1. The van der Waals surface area contributed by atoms with Gasteiger partial charge in [0.1, 0.15) is 11.9 Å². The van der Waals surface area contributed by atoms with Crippen molar-refractivity contribution in [1.29, 1.82) is 0 Å². The molecule has 2 atom stereocenters. The van der Waals surface area contributed by atoms with Gasteiger partial charge in [-0.1, -0.05) is 20.3 Å². The Morgan fingerprint density at radius 2 is 2.31 bits per heavy atom. The van der Waals surface area contributed by atoms with Crippen molar-refractivity contribution in [3.05, 3.63) is 11.8 Å². The first kappa shape index (κ1) is 10.7. The quantitative estimate of drug-likeness (QED) is 0.679. The molecule has 0 fully saturated rings. The number of rotatable bonds is 3. The fourth-order valence-electron chi connectivity index (χ4n) is 1.82. The van der Waals surface area contributed by atoms with Gasteiger partial charge < -0.3 is 15.6 Å². The third-order valence-electron chi connectivity index (χ3n) is 3.02. The molecule has 16 heavy (non-hydrogen) atoms. The van der Waals surface area contributed by atoms with E-state index in [1.165, 1.54) is 0 Å². The molecule has 0 spiro atoms. The number of carbonyl (C=O) groups is 2. The van der Waals surface area contributed by atoms with E-state index in [2.05, 4.69) is 15.6 Å². The highest BCUT2D eigenvalue weighted by Crippen LogP contribution is 2.29. The Hall–Kier alpha value is -1.78. The van der Waals surface area contributed by atoms with Gasteiger partial charge in [-0.2, -0.15) is 0 Å². The summed E-state index contributed by atoms with van der Waals surface area (Å²) in [5.41, 5.74) is 1.25. The summed E-state index contributed by atoms with van der Waals surface area (Å²) < 4.78 is 0. The number of anilines is 2. The fraction of sp³-hybridized carbons (Fsp3) is 0.455. The Labute approximate surface area is 93.6 Å². The molecule has 1 aromatic rings. The van der Waals surface area contributed by atoms with Crippen molar-refractivity contribution in [3.63, 3.8) is 0 Å². The summed E-state index contributed by atoms with van der Waals surface area (Å²) in [6, 6.07) is 1.48. The molecule has 5 heteroatoms. The molecule has 0 aliphatic carbocycles. The lowest BCUT2D eigenvalue weighted by Crippen LogP contribution is -2.42. The first-order chi connectivity index (χ1) is 7.65. The van der Waals surface area contributed by atoms with E-state index >= 15 is 0 Å². The van der Waals surface area contributed by atoms with Crippen molar-refractivity contribution in [2.45, 2.75) is 26.3 Å². The number of aldehydes is 1. The SMILES string of the molecule is CC[C@H](C)[C@@H]1Nc2cc(C=O)[nH]c2NC1=O. The molecule has 0 bridgehead atoms. The van der Waals surface area contributed by atoms with Crippen molar-refractivity contribution in [2.75, 3.05) is 10.6 Å². The highest BCUT2D eigenvalue weighted by Gasteiger charge is 2.30. The van der Waals surface area contributed by atoms with E-state index in [9.17, 15) is 9.59 Å². The third-order valence-corrected chi connectivity index (χ3v) is 3.02. The van der Waals surface area contributed by atoms with Gasteiger partial charge in [0.2, 0.25) is 5.91 Å². The summed E-state index contributed by atoms with van der Waals surface area (Å²) in [6.45, 7) is 4.07. The van der Waals surface area contributed by atoms with Crippen LogP contribution in [-0.4, -0.2) is 23.2 Å². The molecule has 1 amide bonds. The van der Waals surface area contributed by atoms with Gasteiger partial charge in [-0.05, 0) is 12.0 Å². The highest BCUT2D eigenvalue weighted by molar-refractivity contribution is 6.03. The molecule has 86 valence electrons. The van der Waals surface area contributed by atoms with Gasteiger partial charge >= 0.3 is 0 Å². The van der Waals surface area contributed by atoms with Crippen LogP contribution in [0.25, 0.3) is 0 Å². The van der Waals surface area contributed by atoms with E-state index in [4.69, 9.17) is 0 Å². The van der Waals surface area contributed by atoms with Crippen LogP contribution in [0.15, 0.2) is 6.07 Å². The number of aromatic nitrogens is 1. The Bertz CT molecular complexity index is 425. The summed E-state index contributed by atoms with van der Waals surface area (Å²) in [5, 5.41) is 5.91. The summed E-state index contributed by atoms with van der Waals surface area (Å²) in [5.74, 6) is 0.774. The Morgan fingerprint density at radius 1 is 1.56 bits per heavy atom. The van der Waals surface area contributed by atoms with E-state index in [0.717, 1.165) is 18.4 Å². The van der Waals surface area contributed by atoms with Crippen molar-refractivity contribution in [2.24, 2.45) is 5.92 Å². The number of aromatic amines is 1. The Morgan fingerprint density at radius 3 is 2.94 bits per heavy atom. The lowest BCUT2D eigenvalue weighted by molar-refractivity contribution is -0.118. The minimum absolute atomic E-state index is 0.0545. The molecule has 5 nitrogen and oxygen atoms in total. The maximum Gasteiger partial charge on any atom is 0.248 e. The predicted molar refractivity (Wildman–Crippen MR) is 61.7 cm³/mol. The van der Waals surface area contributed by atoms with Crippen molar-refractivity contribution in [1.82, 2.24) is 4.98 Å². The van der Waals surface area contributed by atoms with Gasteiger partial charge in [0, 0.05) is 0 Å². The van der Waals surface area contributed by atoms with Crippen LogP contribution in [0.2, 0.25) is 0 Å². The standard InChI is InChI=1S/C11H15N3O2/c1-3-6(2)9-11(16)14-10-8(13-9)4-7(5-15)12-10/h4-6,9,12-13H,3H2,1-2H3,(H,14,16)/t6-,9-/m0/s1. The number of hydrogen-bond donors (Lipinski definition) is 3. The zero-order valence-corrected chi connectivity index (χ0v) is 9.33. The second-order valence-corrected chi connectivity index (χ2v) is 4.13. The lowest BCUT2D eigenvalue weighted by Gasteiger charge is -2.28. The lowest BCUT2D eigenvalue weighted by atomic mass is 9.97. The predicted octanol–water partition coefficient (Wildman–Crippen LogP) is 1.61. The molecule has 3 N–H and O–H groups in total. The van der Waals surface area contributed by atoms with Gasteiger partial charge in [-0.3, -0.25) is 9.59 Å². The average Bonchev–Trinajstić information content (AvgIpc) is 2.68. The maximum absolute atomic E-state index is 11.8. The summed E-state index contributed by atoms with van der Waals surface area (Å²) in [4.78, 5) is 25.2. The van der Waals surface area contributed by atoms with Crippen LogP contribution in [0.1, 0.15) is 30.8 Å². The molecule has 1 aromatic heterocycles. The van der Waals surface area contributed by atoms with E-state index in [1.807, 2.05) is 13.8 Å². The second-order valence-electron chi connectivity index (χ2n) is 4.13. The molecule has 0 radical (unpaired) electrons. The molecule has 0 saturated carbocycles. The smallest absolute Gasteiger partial charge is 0.248 e. The number of hydrogen-bond acceptors (Lipinski definition) is 3. The van der Waals surface area contributed by atoms with Crippen LogP contribution in [0.4, 0.5) is 11.5 Å². The van der Waals surface area contributed by atoms with Gasteiger partial charge in [0.15, 0.2) is 6.29 Å². The van der Waals surface area contributed by atoms with E-state index < -0.39 is 0 Å². The Balaban J connectivity index is 2.26. The van der Waals surface area contributed by atoms with Crippen molar-refractivity contribution >= 4 is 23.7 Å². The van der Waals surface area contributed by atoms with Gasteiger partial charge in [-0.15, -0.1) is 0 Å². The Kier molecular flexibility index (Phi) is 2.68. The van der Waals surface area contributed by atoms with Crippen LogP contribution in [-0.2, 0) is 4.79 Å². The number of amides is 1. The summed E-state index contributed by atoms with van der Waals surface area (Å²) in [6.07, 6.45) is 1.65. The molecule has 0 saturated heterocycles. The van der Waals surface area contributed by atoms with Crippen molar-refractivity contribution < 1.29 is 9.59 Å². The number of carbonyl (C=O) groups excluding carboxylic acids is 2. The summed E-state index contributed by atoms with van der Waals surface area (Å²) in [7, 11) is 0. The van der Waals surface area contributed by atoms with Gasteiger partial charge in [-0.25, -0.2) is 0 Å². The van der Waals surface area contributed by atoms with Crippen LogP contribution >= 0.6 is 0 Å². The monoisotopic (exact) mass is 221 g/mol. The van der Waals surface area contributed by atoms with E-state index in [-0.39, 0.29) is 17.9 Å². The van der Waals surface area contributed by atoms with Crippen LogP contribution in [0.3, 0.4) is 0 Å². The van der Waals surface area contributed by atoms with Crippen LogP contribution < -0.4 is 10.6 Å². The topological polar surface area (TPSA) is 74.0 Å². The average molecular weight is 221 g/mol. The first-order valence-electron chi connectivity index (χ1n) is 5.41. The molecule has 0 unspecified atom stereocenters.